The van der Waals surface area contributed by atoms with Crippen molar-refractivity contribution >= 4 is 17.5 Å². The predicted molar refractivity (Wildman–Crippen MR) is 123 cm³/mol. The van der Waals surface area contributed by atoms with Gasteiger partial charge in [-0.15, -0.1) is 0 Å². The number of carbonyl (C=O) groups is 3. The molecule has 0 radical (unpaired) electrons. The molecule has 9 atom stereocenters. The molecule has 1 unspecified atom stereocenters. The summed E-state index contributed by atoms with van der Waals surface area (Å²) in [4.78, 5) is 37.2. The maximum atomic E-state index is 13.0. The summed E-state index contributed by atoms with van der Waals surface area (Å²) in [5, 5.41) is 0. The van der Waals surface area contributed by atoms with E-state index in [9.17, 15) is 14.4 Å². The Morgan fingerprint density at radius 1 is 1.03 bits per heavy atom. The highest BCUT2D eigenvalue weighted by atomic mass is 16.5. The van der Waals surface area contributed by atoms with Crippen LogP contribution in [0.4, 0.5) is 0 Å². The van der Waals surface area contributed by atoms with Gasteiger partial charge in [-0.25, -0.2) is 0 Å². The summed E-state index contributed by atoms with van der Waals surface area (Å²) >= 11 is 0. The molecule has 4 nitrogen and oxygen atoms in total. The van der Waals surface area contributed by atoms with Crippen LogP contribution in [0.3, 0.4) is 0 Å². The highest BCUT2D eigenvalue weighted by Crippen LogP contribution is 2.68. The first-order valence-corrected chi connectivity index (χ1v) is 13.0. The minimum absolute atomic E-state index is 0.0311. The highest BCUT2D eigenvalue weighted by Gasteiger charge is 2.63. The number of ether oxygens (including phenoxy) is 1. The third-order valence-corrected chi connectivity index (χ3v) is 10.8. The first kappa shape index (κ1) is 22.3. The fourth-order valence-electron chi connectivity index (χ4n) is 9.52. The van der Waals surface area contributed by atoms with Gasteiger partial charge in [0, 0.05) is 31.6 Å². The van der Waals surface area contributed by atoms with E-state index in [1.165, 1.54) is 18.9 Å². The molecule has 5 aliphatic carbocycles. The van der Waals surface area contributed by atoms with E-state index >= 15 is 0 Å². The molecule has 0 aromatic heterocycles. The van der Waals surface area contributed by atoms with Crippen LogP contribution >= 0.6 is 0 Å². The average molecular weight is 441 g/mol. The minimum Gasteiger partial charge on any atom is -0.462 e. The van der Waals surface area contributed by atoms with Crippen molar-refractivity contribution in [3.8, 4) is 0 Å². The van der Waals surface area contributed by atoms with Gasteiger partial charge < -0.3 is 4.74 Å². The summed E-state index contributed by atoms with van der Waals surface area (Å²) in [6.07, 6.45) is 12.6. The second kappa shape index (κ2) is 7.81. The molecule has 5 rings (SSSR count). The van der Waals surface area contributed by atoms with Crippen LogP contribution in [0.1, 0.15) is 91.9 Å². The van der Waals surface area contributed by atoms with Crippen LogP contribution in [0, 0.1) is 46.3 Å². The zero-order valence-electron chi connectivity index (χ0n) is 20.3. The lowest BCUT2D eigenvalue weighted by atomic mass is 9.47. The molecule has 0 heterocycles. The third-order valence-electron chi connectivity index (χ3n) is 10.8. The van der Waals surface area contributed by atoms with Crippen molar-refractivity contribution in [2.45, 2.75) is 98.0 Å². The Morgan fingerprint density at radius 2 is 1.81 bits per heavy atom. The molecule has 0 spiro atoms. The Morgan fingerprint density at radius 3 is 2.47 bits per heavy atom. The largest absolute Gasteiger partial charge is 0.462 e. The van der Waals surface area contributed by atoms with Gasteiger partial charge in [0.25, 0.3) is 0 Å². The second-order valence-electron chi connectivity index (χ2n) is 12.2. The van der Waals surface area contributed by atoms with E-state index in [2.05, 4.69) is 19.9 Å². The van der Waals surface area contributed by atoms with Gasteiger partial charge in [0.1, 0.15) is 17.7 Å². The molecule has 0 aromatic carbocycles. The number of fused-ring (bicyclic) bond motifs is 5. The molecule has 0 amide bonds. The summed E-state index contributed by atoms with van der Waals surface area (Å²) < 4.78 is 5.58. The Hall–Kier alpha value is -1.45. The van der Waals surface area contributed by atoms with Crippen LogP contribution in [0.15, 0.2) is 11.6 Å². The summed E-state index contributed by atoms with van der Waals surface area (Å²) in [7, 11) is 0. The Bertz CT molecular complexity index is 857. The van der Waals surface area contributed by atoms with E-state index in [0.717, 1.165) is 51.4 Å². The van der Waals surface area contributed by atoms with E-state index in [0.29, 0.717) is 35.7 Å². The van der Waals surface area contributed by atoms with Crippen LogP contribution in [-0.2, 0) is 19.1 Å². The van der Waals surface area contributed by atoms with Gasteiger partial charge in [0.2, 0.25) is 0 Å². The first-order chi connectivity index (χ1) is 15.1. The molecule has 0 N–H and O–H groups in total. The Balaban J connectivity index is 1.44. The minimum atomic E-state index is -0.171. The lowest BCUT2D eigenvalue weighted by molar-refractivity contribution is -0.149. The maximum Gasteiger partial charge on any atom is 0.302 e. The second-order valence-corrected chi connectivity index (χ2v) is 12.2. The molecule has 4 fully saturated rings. The SMILES string of the molecule is CC(=O)O[C@H]1CC[C@@]2(C)C(=CC[C@H]3[C@@H]4C[C@@H](C5CCCC5=O)[C@H](C(C)=O)[C@@]4(C)CC[C@@H]32)C1. The van der Waals surface area contributed by atoms with E-state index in [-0.39, 0.29) is 40.7 Å². The van der Waals surface area contributed by atoms with Gasteiger partial charge >= 0.3 is 5.97 Å². The van der Waals surface area contributed by atoms with Crippen molar-refractivity contribution in [1.82, 2.24) is 0 Å². The summed E-state index contributed by atoms with van der Waals surface area (Å²) in [6, 6.07) is 0. The quantitative estimate of drug-likeness (QED) is 0.418. The van der Waals surface area contributed by atoms with E-state index in [1.54, 1.807) is 6.92 Å². The number of rotatable bonds is 3. The predicted octanol–water partition coefficient (Wildman–Crippen LogP) is 5.68. The van der Waals surface area contributed by atoms with Crippen LogP contribution in [0.5, 0.6) is 0 Å². The van der Waals surface area contributed by atoms with E-state index in [4.69, 9.17) is 4.74 Å². The van der Waals surface area contributed by atoms with Crippen molar-refractivity contribution in [1.29, 1.82) is 0 Å². The van der Waals surface area contributed by atoms with Gasteiger partial charge in [-0.1, -0.05) is 25.5 Å². The number of esters is 1. The molecule has 0 saturated heterocycles. The van der Waals surface area contributed by atoms with Crippen LogP contribution in [-0.4, -0.2) is 23.6 Å². The lowest BCUT2D eigenvalue weighted by Gasteiger charge is -2.58. The smallest absolute Gasteiger partial charge is 0.302 e. The maximum absolute atomic E-state index is 13.0. The van der Waals surface area contributed by atoms with Crippen LogP contribution in [0.2, 0.25) is 0 Å². The zero-order valence-corrected chi connectivity index (χ0v) is 20.3. The monoisotopic (exact) mass is 440 g/mol. The Labute approximate surface area is 192 Å². The molecular formula is C28H40O4. The van der Waals surface area contributed by atoms with Crippen molar-refractivity contribution in [2.75, 3.05) is 0 Å². The van der Waals surface area contributed by atoms with Crippen molar-refractivity contribution < 1.29 is 19.1 Å². The molecule has 176 valence electrons. The Kier molecular flexibility index (Phi) is 5.45. The van der Waals surface area contributed by atoms with E-state index < -0.39 is 0 Å². The number of carbonyl (C=O) groups excluding carboxylic acids is 3. The molecule has 0 bridgehead atoms. The number of hydrogen-bond donors (Lipinski definition) is 0. The van der Waals surface area contributed by atoms with Gasteiger partial charge in [0.15, 0.2) is 0 Å². The number of hydrogen-bond acceptors (Lipinski definition) is 4. The molecule has 0 aliphatic heterocycles. The molecule has 4 saturated carbocycles. The first-order valence-electron chi connectivity index (χ1n) is 13.0. The molecule has 4 heteroatoms. The standard InChI is InChI=1S/C28H40O4/c1-16(29)26-22(20-6-5-7-25(20)31)15-24-21-9-8-18-14-19(32-17(2)30)10-12-27(18,3)23(21)11-13-28(24,26)4/h8,19-24,26H,5-7,9-15H2,1-4H3/t19-,20?,21+,22-,23-,24-,26-,27-,28-/m0/s1. The van der Waals surface area contributed by atoms with Gasteiger partial charge in [0.05, 0.1) is 0 Å². The van der Waals surface area contributed by atoms with Gasteiger partial charge in [-0.05, 0) is 92.8 Å². The third kappa shape index (κ3) is 3.26. The fraction of sp³-hybridized carbons (Fsp3) is 0.821. The van der Waals surface area contributed by atoms with Crippen LogP contribution < -0.4 is 0 Å². The number of allylic oxidation sites excluding steroid dienone is 1. The van der Waals surface area contributed by atoms with Crippen molar-refractivity contribution in [2.24, 2.45) is 46.3 Å². The molecule has 32 heavy (non-hydrogen) atoms. The normalized spacial score (nSPS) is 47.8. The average Bonchev–Trinajstić information content (AvgIpc) is 3.27. The molecular weight excluding hydrogens is 400 g/mol. The number of Topliss-reactive ketones (excluding diaryl/α,β-unsaturated/α-hetero) is 2. The molecule has 5 aliphatic rings. The summed E-state index contributed by atoms with van der Waals surface area (Å²) in [6.45, 7) is 8.14. The summed E-state index contributed by atoms with van der Waals surface area (Å²) in [5.41, 5.74) is 1.73. The zero-order chi connectivity index (χ0) is 22.8. The topological polar surface area (TPSA) is 60.4 Å². The number of ketones is 2. The highest BCUT2D eigenvalue weighted by molar-refractivity contribution is 5.86. The summed E-state index contributed by atoms with van der Waals surface area (Å²) in [5.74, 6) is 2.78. The van der Waals surface area contributed by atoms with Gasteiger partial charge in [-0.3, -0.25) is 14.4 Å². The lowest BCUT2D eigenvalue weighted by Crippen LogP contribution is -2.51. The molecule has 0 aromatic rings. The van der Waals surface area contributed by atoms with E-state index in [1.807, 2.05) is 0 Å². The van der Waals surface area contributed by atoms with Crippen molar-refractivity contribution in [3.63, 3.8) is 0 Å². The fourth-order valence-corrected chi connectivity index (χ4v) is 9.52. The van der Waals surface area contributed by atoms with Crippen molar-refractivity contribution in [3.05, 3.63) is 11.6 Å². The van der Waals surface area contributed by atoms with Crippen LogP contribution in [0.25, 0.3) is 0 Å². The van der Waals surface area contributed by atoms with Gasteiger partial charge in [-0.2, -0.15) is 0 Å².